The molecule has 0 bridgehead atoms. The second-order valence-electron chi connectivity index (χ2n) is 7.07. The van der Waals surface area contributed by atoms with Crippen LogP contribution in [0.2, 0.25) is 0 Å². The summed E-state index contributed by atoms with van der Waals surface area (Å²) in [6.07, 6.45) is 4.09. The fourth-order valence-corrected chi connectivity index (χ4v) is 3.66. The van der Waals surface area contributed by atoms with E-state index in [1.54, 1.807) is 6.92 Å². The van der Waals surface area contributed by atoms with E-state index in [9.17, 15) is 4.79 Å². The molecule has 0 aromatic heterocycles. The van der Waals surface area contributed by atoms with Crippen molar-refractivity contribution in [1.29, 1.82) is 0 Å². The Hall–Kier alpha value is -0.570. The number of nitrogens with zero attached hydrogens (tertiary/aromatic N) is 4. The molecule has 24 heavy (non-hydrogen) atoms. The Kier molecular flexibility index (Phi) is 7.59. The van der Waals surface area contributed by atoms with E-state index in [0.29, 0.717) is 5.92 Å². The minimum absolute atomic E-state index is 0. The number of amides is 1. The molecule has 6 nitrogen and oxygen atoms in total. The van der Waals surface area contributed by atoms with Gasteiger partial charge < -0.3 is 20.0 Å². The van der Waals surface area contributed by atoms with E-state index < -0.39 is 0 Å². The molecule has 1 aliphatic carbocycles. The lowest BCUT2D eigenvalue weighted by atomic mass is 10.1. The number of carbonyl (C=O) groups is 1. The molecule has 0 radical (unpaired) electrons. The van der Waals surface area contributed by atoms with Crippen molar-refractivity contribution in [1.82, 2.24) is 20.0 Å². The molecule has 2 aliphatic heterocycles. The quantitative estimate of drug-likeness (QED) is 0.399. The molecule has 0 spiro atoms. The van der Waals surface area contributed by atoms with Gasteiger partial charge in [0.2, 0.25) is 5.91 Å². The molecule has 3 aliphatic rings. The van der Waals surface area contributed by atoms with E-state index in [-0.39, 0.29) is 29.9 Å². The number of hydrogen-bond donors (Lipinski definition) is 1. The van der Waals surface area contributed by atoms with Crippen molar-refractivity contribution in [2.45, 2.75) is 39.2 Å². The standard InChI is InChI=1S/C17H31N5O.HI/c1-3-18-17(21-10-8-20(9-11-21)14(2)23)19-12-15-6-7-22(13-15)16-4-5-16;/h15-16H,3-13H2,1-2H3,(H,18,19);1H. The first-order valence-electron chi connectivity index (χ1n) is 9.20. The molecule has 1 saturated carbocycles. The summed E-state index contributed by atoms with van der Waals surface area (Å²) >= 11 is 0. The first kappa shape index (κ1) is 19.8. The number of piperazine rings is 1. The highest BCUT2D eigenvalue weighted by atomic mass is 127. The van der Waals surface area contributed by atoms with Crippen LogP contribution < -0.4 is 5.32 Å². The zero-order valence-corrected chi connectivity index (χ0v) is 17.4. The van der Waals surface area contributed by atoms with Crippen LogP contribution in [0.5, 0.6) is 0 Å². The molecular weight excluding hydrogens is 417 g/mol. The molecule has 0 aromatic carbocycles. The van der Waals surface area contributed by atoms with Crippen LogP contribution in [0.15, 0.2) is 4.99 Å². The number of rotatable bonds is 4. The summed E-state index contributed by atoms with van der Waals surface area (Å²) in [5.41, 5.74) is 0. The van der Waals surface area contributed by atoms with Gasteiger partial charge in [0.25, 0.3) is 0 Å². The molecule has 2 heterocycles. The van der Waals surface area contributed by atoms with Gasteiger partial charge in [-0.25, -0.2) is 0 Å². The highest BCUT2D eigenvalue weighted by molar-refractivity contribution is 14.0. The number of nitrogens with one attached hydrogen (secondary N) is 1. The van der Waals surface area contributed by atoms with E-state index in [1.807, 2.05) is 4.90 Å². The minimum atomic E-state index is 0. The molecule has 3 rings (SSSR count). The molecule has 1 atom stereocenters. The molecule has 3 fully saturated rings. The number of guanidine groups is 1. The summed E-state index contributed by atoms with van der Waals surface area (Å²) in [4.78, 5) is 23.2. The van der Waals surface area contributed by atoms with Crippen molar-refractivity contribution < 1.29 is 4.79 Å². The molecule has 1 N–H and O–H groups in total. The molecular formula is C17H32IN5O. The monoisotopic (exact) mass is 449 g/mol. The number of aliphatic imine (C=N–C) groups is 1. The summed E-state index contributed by atoms with van der Waals surface area (Å²) in [7, 11) is 0. The van der Waals surface area contributed by atoms with Crippen LogP contribution in [0.25, 0.3) is 0 Å². The molecule has 2 saturated heterocycles. The second-order valence-corrected chi connectivity index (χ2v) is 7.07. The fourth-order valence-electron chi connectivity index (χ4n) is 3.66. The Morgan fingerprint density at radius 1 is 1.08 bits per heavy atom. The SMILES string of the molecule is CCNC(=NCC1CCN(C2CC2)C1)N1CCN(C(C)=O)CC1.I. The van der Waals surface area contributed by atoms with Crippen molar-refractivity contribution in [3.8, 4) is 0 Å². The lowest BCUT2D eigenvalue weighted by Crippen LogP contribution is -2.53. The van der Waals surface area contributed by atoms with Crippen molar-refractivity contribution in [3.63, 3.8) is 0 Å². The molecule has 7 heteroatoms. The minimum Gasteiger partial charge on any atom is -0.357 e. The number of halogens is 1. The number of likely N-dealkylation sites (tertiary alicyclic amines) is 1. The largest absolute Gasteiger partial charge is 0.357 e. The van der Waals surface area contributed by atoms with Crippen LogP contribution in [0, 0.1) is 5.92 Å². The predicted octanol–water partition coefficient (Wildman–Crippen LogP) is 1.22. The van der Waals surface area contributed by atoms with E-state index >= 15 is 0 Å². The second kappa shape index (κ2) is 9.22. The van der Waals surface area contributed by atoms with Gasteiger partial charge in [-0.3, -0.25) is 9.79 Å². The van der Waals surface area contributed by atoms with Crippen molar-refractivity contribution in [2.24, 2.45) is 10.9 Å². The molecule has 138 valence electrons. The Labute approximate surface area is 163 Å². The number of carbonyl (C=O) groups excluding carboxylic acids is 1. The zero-order valence-electron chi connectivity index (χ0n) is 15.0. The van der Waals surface area contributed by atoms with Crippen LogP contribution >= 0.6 is 24.0 Å². The maximum Gasteiger partial charge on any atom is 0.219 e. The van der Waals surface area contributed by atoms with Crippen LogP contribution in [0.4, 0.5) is 0 Å². The van der Waals surface area contributed by atoms with Crippen LogP contribution in [-0.4, -0.2) is 85.0 Å². The van der Waals surface area contributed by atoms with Gasteiger partial charge in [0, 0.05) is 58.8 Å². The van der Waals surface area contributed by atoms with E-state index in [4.69, 9.17) is 4.99 Å². The highest BCUT2D eigenvalue weighted by Crippen LogP contribution is 2.31. The van der Waals surface area contributed by atoms with E-state index in [1.165, 1.54) is 32.4 Å². The highest BCUT2D eigenvalue weighted by Gasteiger charge is 2.34. The first-order chi connectivity index (χ1) is 11.2. The van der Waals surface area contributed by atoms with Crippen molar-refractivity contribution in [3.05, 3.63) is 0 Å². The third-order valence-corrected chi connectivity index (χ3v) is 5.24. The maximum atomic E-state index is 11.4. The van der Waals surface area contributed by atoms with Gasteiger partial charge in [-0.15, -0.1) is 24.0 Å². The van der Waals surface area contributed by atoms with Crippen LogP contribution in [-0.2, 0) is 4.79 Å². The van der Waals surface area contributed by atoms with Gasteiger partial charge in [-0.2, -0.15) is 0 Å². The number of hydrogen-bond acceptors (Lipinski definition) is 3. The van der Waals surface area contributed by atoms with E-state index in [0.717, 1.165) is 51.3 Å². The smallest absolute Gasteiger partial charge is 0.219 e. The average Bonchev–Trinajstić information content (AvgIpc) is 3.30. The van der Waals surface area contributed by atoms with Gasteiger partial charge in [-0.1, -0.05) is 0 Å². The van der Waals surface area contributed by atoms with Gasteiger partial charge in [-0.05, 0) is 38.6 Å². The zero-order chi connectivity index (χ0) is 16.2. The first-order valence-corrected chi connectivity index (χ1v) is 9.20. The summed E-state index contributed by atoms with van der Waals surface area (Å²) in [5, 5.41) is 3.43. The van der Waals surface area contributed by atoms with Crippen LogP contribution in [0.1, 0.15) is 33.1 Å². The van der Waals surface area contributed by atoms with Crippen molar-refractivity contribution >= 4 is 35.8 Å². The third-order valence-electron chi connectivity index (χ3n) is 5.24. The Bertz CT molecular complexity index is 446. The lowest BCUT2D eigenvalue weighted by molar-refractivity contribution is -0.130. The van der Waals surface area contributed by atoms with Crippen LogP contribution in [0.3, 0.4) is 0 Å². The third kappa shape index (κ3) is 5.21. The summed E-state index contributed by atoms with van der Waals surface area (Å²) in [6, 6.07) is 0.886. The van der Waals surface area contributed by atoms with Gasteiger partial charge in [0.1, 0.15) is 0 Å². The Morgan fingerprint density at radius 3 is 2.33 bits per heavy atom. The summed E-state index contributed by atoms with van der Waals surface area (Å²) in [5.74, 6) is 1.92. The molecule has 1 amide bonds. The fraction of sp³-hybridized carbons (Fsp3) is 0.882. The summed E-state index contributed by atoms with van der Waals surface area (Å²) < 4.78 is 0. The Morgan fingerprint density at radius 2 is 1.75 bits per heavy atom. The average molecular weight is 449 g/mol. The Balaban J connectivity index is 0.00000208. The molecule has 1 unspecified atom stereocenters. The van der Waals surface area contributed by atoms with Crippen molar-refractivity contribution in [2.75, 3.05) is 52.4 Å². The topological polar surface area (TPSA) is 51.2 Å². The van der Waals surface area contributed by atoms with Gasteiger partial charge in [0.15, 0.2) is 5.96 Å². The van der Waals surface area contributed by atoms with Gasteiger partial charge in [0.05, 0.1) is 0 Å². The normalized spacial score (nSPS) is 25.6. The summed E-state index contributed by atoms with van der Waals surface area (Å²) in [6.45, 7) is 11.5. The molecule has 0 aromatic rings. The maximum absolute atomic E-state index is 11.4. The predicted molar refractivity (Wildman–Crippen MR) is 108 cm³/mol. The lowest BCUT2D eigenvalue weighted by Gasteiger charge is -2.36. The van der Waals surface area contributed by atoms with E-state index in [2.05, 4.69) is 22.0 Å². The van der Waals surface area contributed by atoms with Gasteiger partial charge >= 0.3 is 0 Å².